The maximum atomic E-state index is 13.7. The highest BCUT2D eigenvalue weighted by Gasteiger charge is 2.56. The summed E-state index contributed by atoms with van der Waals surface area (Å²) in [4.78, 5) is 24.5. The minimum absolute atomic E-state index is 0.0274. The molecule has 1 aliphatic rings. The summed E-state index contributed by atoms with van der Waals surface area (Å²) in [6.45, 7) is 4.30. The fourth-order valence-corrected chi connectivity index (χ4v) is 5.84. The molecule has 2 unspecified atom stereocenters. The third-order valence-electron chi connectivity index (χ3n) is 5.53. The second-order valence-corrected chi connectivity index (χ2v) is 12.1. The van der Waals surface area contributed by atoms with Crippen LogP contribution in [0.1, 0.15) is 27.0 Å². The lowest BCUT2D eigenvalue weighted by molar-refractivity contribution is -0.149. The molecule has 1 aromatic carbocycles. The first-order valence-corrected chi connectivity index (χ1v) is 14.0. The molecule has 17 heteroatoms. The smallest absolute Gasteiger partial charge is 0.459 e. The second-order valence-electron chi connectivity index (χ2n) is 8.97. The van der Waals surface area contributed by atoms with Gasteiger partial charge in [-0.15, -0.1) is 0 Å². The highest BCUT2D eigenvalue weighted by molar-refractivity contribution is 7.52. The SMILES string of the molecule is CC(C)OC(=O)C(C)NP(=O)(OC[C@H]1O[C@@H](n2cnc3c(N)nc(N)nc32)C(Cl)(Cl)[C@@H]1O)Oc1ccccc1. The molecule has 1 aliphatic heterocycles. The number of nitrogens with zero attached hydrogens (tertiary/aromatic N) is 4. The summed E-state index contributed by atoms with van der Waals surface area (Å²) in [5.74, 6) is -0.562. The van der Waals surface area contributed by atoms with Crippen molar-refractivity contribution in [2.24, 2.45) is 0 Å². The van der Waals surface area contributed by atoms with Crippen LogP contribution >= 0.6 is 30.9 Å². The van der Waals surface area contributed by atoms with Crippen LogP contribution in [-0.4, -0.2) is 65.9 Å². The van der Waals surface area contributed by atoms with Gasteiger partial charge in [-0.05, 0) is 32.9 Å². The number of aliphatic hydroxyl groups is 1. The van der Waals surface area contributed by atoms with Gasteiger partial charge in [0.05, 0.1) is 19.0 Å². The summed E-state index contributed by atoms with van der Waals surface area (Å²) in [7, 11) is -4.25. The van der Waals surface area contributed by atoms with Gasteiger partial charge in [-0.25, -0.2) is 9.55 Å². The highest BCUT2D eigenvalue weighted by atomic mass is 35.5. The van der Waals surface area contributed by atoms with Crippen LogP contribution in [0.15, 0.2) is 36.7 Å². The van der Waals surface area contributed by atoms with Crippen LogP contribution in [0.5, 0.6) is 5.75 Å². The number of nitrogens with two attached hydrogens (primary N) is 2. The first-order chi connectivity index (χ1) is 18.3. The Morgan fingerprint density at radius 1 is 1.26 bits per heavy atom. The van der Waals surface area contributed by atoms with Crippen molar-refractivity contribution in [2.75, 3.05) is 18.1 Å². The molecule has 2 aromatic heterocycles. The summed E-state index contributed by atoms with van der Waals surface area (Å²) >= 11 is 13.0. The Morgan fingerprint density at radius 3 is 2.62 bits per heavy atom. The van der Waals surface area contributed by atoms with Crippen LogP contribution < -0.4 is 21.1 Å². The molecule has 0 radical (unpaired) electrons. The monoisotopic (exact) mass is 603 g/mol. The van der Waals surface area contributed by atoms with Gasteiger partial charge in [0.1, 0.15) is 29.5 Å². The number of esters is 1. The Bertz CT molecular complexity index is 1380. The van der Waals surface area contributed by atoms with Crippen molar-refractivity contribution in [3.05, 3.63) is 36.7 Å². The summed E-state index contributed by atoms with van der Waals surface area (Å²) in [5.41, 5.74) is 12.0. The summed E-state index contributed by atoms with van der Waals surface area (Å²) < 4.78 is 35.5. The third kappa shape index (κ3) is 6.38. The number of carbonyl (C=O) groups excluding carboxylic acids is 1. The van der Waals surface area contributed by atoms with Crippen molar-refractivity contribution >= 4 is 59.8 Å². The lowest BCUT2D eigenvalue weighted by atomic mass is 10.2. The zero-order chi connectivity index (χ0) is 28.5. The lowest BCUT2D eigenvalue weighted by Gasteiger charge is -2.25. The molecule has 0 bridgehead atoms. The lowest BCUT2D eigenvalue weighted by Crippen LogP contribution is -2.39. The summed E-state index contributed by atoms with van der Waals surface area (Å²) in [5, 5.41) is 13.5. The predicted molar refractivity (Wildman–Crippen MR) is 143 cm³/mol. The molecule has 0 saturated carbocycles. The number of alkyl halides is 2. The number of nitrogens with one attached hydrogen (secondary N) is 1. The van der Waals surface area contributed by atoms with E-state index in [0.29, 0.717) is 0 Å². The van der Waals surface area contributed by atoms with Gasteiger partial charge in [-0.2, -0.15) is 15.1 Å². The number of aromatic nitrogens is 4. The largest absolute Gasteiger partial charge is 0.462 e. The van der Waals surface area contributed by atoms with Gasteiger partial charge in [-0.3, -0.25) is 13.9 Å². The van der Waals surface area contributed by atoms with Crippen molar-refractivity contribution in [1.82, 2.24) is 24.6 Å². The number of carbonyl (C=O) groups is 1. The van der Waals surface area contributed by atoms with E-state index in [1.807, 2.05) is 0 Å². The summed E-state index contributed by atoms with van der Waals surface area (Å²) in [6, 6.07) is 7.10. The Kier molecular flexibility index (Phi) is 8.57. The van der Waals surface area contributed by atoms with Gasteiger partial charge in [-0.1, -0.05) is 41.4 Å². The van der Waals surface area contributed by atoms with Crippen molar-refractivity contribution in [3.8, 4) is 5.75 Å². The molecule has 0 spiro atoms. The standard InChI is InChI=1S/C22H28Cl2N7O7P/c1-11(2)36-19(33)12(3)30-39(34,38-13-7-5-4-6-8-13)35-9-14-16(32)22(23,24)20(37-14)31-10-27-15-17(25)28-21(26)29-18(15)31/h4-8,10-12,14,16,20,32H,9H2,1-3H3,(H,30,34)(H4,25,26,28,29)/t12?,14-,16-,20-,39?/m1/s1. The van der Waals surface area contributed by atoms with E-state index in [2.05, 4.69) is 20.0 Å². The average molecular weight is 604 g/mol. The first-order valence-electron chi connectivity index (χ1n) is 11.7. The van der Waals surface area contributed by atoms with E-state index in [4.69, 9.17) is 53.2 Å². The number of para-hydroxylation sites is 1. The molecular formula is C22H28Cl2N7O7P. The molecule has 0 amide bonds. The number of hydrogen-bond acceptors (Lipinski definition) is 12. The zero-order valence-corrected chi connectivity index (χ0v) is 23.5. The van der Waals surface area contributed by atoms with Crippen molar-refractivity contribution < 1.29 is 33.0 Å². The van der Waals surface area contributed by atoms with Gasteiger partial charge in [0, 0.05) is 0 Å². The van der Waals surface area contributed by atoms with E-state index >= 15 is 0 Å². The average Bonchev–Trinajstić information content (AvgIpc) is 3.36. The number of rotatable bonds is 10. The topological polar surface area (TPSA) is 199 Å². The van der Waals surface area contributed by atoms with Crippen molar-refractivity contribution in [1.29, 1.82) is 0 Å². The normalized spacial score (nSPS) is 23.0. The number of imidazole rings is 1. The molecule has 6 N–H and O–H groups in total. The molecule has 1 fully saturated rings. The Labute approximate surface area is 233 Å². The van der Waals surface area contributed by atoms with Crippen LogP contribution in [0.4, 0.5) is 11.8 Å². The van der Waals surface area contributed by atoms with Gasteiger partial charge < -0.3 is 30.6 Å². The fourth-order valence-electron chi connectivity index (χ4n) is 3.74. The number of hydrogen-bond donors (Lipinski definition) is 4. The zero-order valence-electron chi connectivity index (χ0n) is 21.1. The molecule has 3 aromatic rings. The maximum absolute atomic E-state index is 13.7. The van der Waals surface area contributed by atoms with Crippen LogP contribution in [0, 0.1) is 0 Å². The molecular weight excluding hydrogens is 576 g/mol. The quantitative estimate of drug-likeness (QED) is 0.150. The van der Waals surface area contributed by atoms with Crippen molar-refractivity contribution in [2.45, 2.75) is 55.7 Å². The van der Waals surface area contributed by atoms with Crippen LogP contribution in [0.2, 0.25) is 0 Å². The Balaban J connectivity index is 1.55. The fraction of sp³-hybridized carbons (Fsp3) is 0.455. The number of benzene rings is 1. The molecule has 1 saturated heterocycles. The number of aliphatic hydroxyl groups excluding tert-OH is 1. The molecule has 4 rings (SSSR count). The van der Waals surface area contributed by atoms with E-state index in [0.717, 1.165) is 0 Å². The minimum atomic E-state index is -4.25. The van der Waals surface area contributed by atoms with E-state index in [9.17, 15) is 14.5 Å². The van der Waals surface area contributed by atoms with Crippen LogP contribution in [0.25, 0.3) is 11.2 Å². The molecule has 0 aliphatic carbocycles. The number of anilines is 2. The Morgan fingerprint density at radius 2 is 1.95 bits per heavy atom. The number of ether oxygens (including phenoxy) is 2. The van der Waals surface area contributed by atoms with Crippen molar-refractivity contribution in [3.63, 3.8) is 0 Å². The maximum Gasteiger partial charge on any atom is 0.459 e. The highest BCUT2D eigenvalue weighted by Crippen LogP contribution is 2.50. The first kappa shape index (κ1) is 29.3. The predicted octanol–water partition coefficient (Wildman–Crippen LogP) is 2.56. The van der Waals surface area contributed by atoms with E-state index in [1.54, 1.807) is 44.2 Å². The van der Waals surface area contributed by atoms with E-state index in [-0.39, 0.29) is 28.7 Å². The molecule has 5 atom stereocenters. The minimum Gasteiger partial charge on any atom is -0.462 e. The molecule has 39 heavy (non-hydrogen) atoms. The second kappa shape index (κ2) is 11.4. The van der Waals surface area contributed by atoms with Gasteiger partial charge in [0.2, 0.25) is 5.95 Å². The van der Waals surface area contributed by atoms with Crippen LogP contribution in [0.3, 0.4) is 0 Å². The number of nitrogen functional groups attached to an aromatic ring is 2. The van der Waals surface area contributed by atoms with Gasteiger partial charge >= 0.3 is 13.7 Å². The Hall–Kier alpha value is -2.71. The number of fused-ring (bicyclic) bond motifs is 1. The van der Waals surface area contributed by atoms with E-state index in [1.165, 1.54) is 17.8 Å². The molecule has 212 valence electrons. The number of halogens is 2. The van der Waals surface area contributed by atoms with E-state index < -0.39 is 55.2 Å². The van der Waals surface area contributed by atoms with Gasteiger partial charge in [0.25, 0.3) is 0 Å². The van der Waals surface area contributed by atoms with Crippen LogP contribution in [-0.2, 0) is 23.4 Å². The summed E-state index contributed by atoms with van der Waals surface area (Å²) in [6.07, 6.45) is -3.06. The molecule has 14 nitrogen and oxygen atoms in total. The van der Waals surface area contributed by atoms with Gasteiger partial charge in [0.15, 0.2) is 22.0 Å². The molecule has 3 heterocycles. The third-order valence-corrected chi connectivity index (χ3v) is 8.00.